The van der Waals surface area contributed by atoms with E-state index in [0.29, 0.717) is 30.4 Å². The molecular formula is C18H25N5O. The number of aromatic nitrogens is 2. The Labute approximate surface area is 143 Å². The van der Waals surface area contributed by atoms with E-state index in [9.17, 15) is 4.79 Å². The van der Waals surface area contributed by atoms with E-state index in [2.05, 4.69) is 25.5 Å². The van der Waals surface area contributed by atoms with E-state index >= 15 is 0 Å². The molecule has 0 aliphatic carbocycles. The zero-order valence-electron chi connectivity index (χ0n) is 14.5. The summed E-state index contributed by atoms with van der Waals surface area (Å²) in [6.07, 6.45) is 0.905. The molecule has 6 nitrogen and oxygen atoms in total. The molecule has 2 N–H and O–H groups in total. The highest BCUT2D eigenvalue weighted by molar-refractivity contribution is 5.92. The van der Waals surface area contributed by atoms with Crippen molar-refractivity contribution >= 4 is 11.7 Å². The smallest absolute Gasteiger partial charge is 0.270 e. The van der Waals surface area contributed by atoms with Crippen LogP contribution in [-0.4, -0.2) is 48.0 Å². The van der Waals surface area contributed by atoms with Crippen LogP contribution in [0.2, 0.25) is 0 Å². The minimum absolute atomic E-state index is 0.165. The Morgan fingerprint density at radius 1 is 1.17 bits per heavy atom. The van der Waals surface area contributed by atoms with Crippen LogP contribution in [0.3, 0.4) is 0 Å². The van der Waals surface area contributed by atoms with Gasteiger partial charge in [-0.15, -0.1) is 0 Å². The lowest BCUT2D eigenvalue weighted by Gasteiger charge is -2.11. The van der Waals surface area contributed by atoms with Crippen LogP contribution in [-0.2, 0) is 6.54 Å². The van der Waals surface area contributed by atoms with E-state index in [0.717, 1.165) is 18.5 Å². The van der Waals surface area contributed by atoms with E-state index in [1.54, 1.807) is 13.0 Å². The lowest BCUT2D eigenvalue weighted by Crippen LogP contribution is -2.28. The predicted molar refractivity (Wildman–Crippen MR) is 96.0 cm³/mol. The van der Waals surface area contributed by atoms with Crippen molar-refractivity contribution in [2.24, 2.45) is 0 Å². The van der Waals surface area contributed by atoms with Gasteiger partial charge in [0.1, 0.15) is 17.3 Å². The molecule has 0 bridgehead atoms. The first-order chi connectivity index (χ1) is 11.5. The van der Waals surface area contributed by atoms with Crippen molar-refractivity contribution in [2.45, 2.75) is 19.9 Å². The van der Waals surface area contributed by atoms with Gasteiger partial charge in [0.25, 0.3) is 5.91 Å². The zero-order valence-corrected chi connectivity index (χ0v) is 14.5. The first-order valence-corrected chi connectivity index (χ1v) is 8.11. The highest BCUT2D eigenvalue weighted by atomic mass is 16.1. The Morgan fingerprint density at radius 2 is 1.92 bits per heavy atom. The van der Waals surface area contributed by atoms with E-state index in [4.69, 9.17) is 0 Å². The molecule has 0 atom stereocenters. The van der Waals surface area contributed by atoms with Crippen molar-refractivity contribution in [3.63, 3.8) is 0 Å². The van der Waals surface area contributed by atoms with Gasteiger partial charge in [-0.25, -0.2) is 9.97 Å². The van der Waals surface area contributed by atoms with Gasteiger partial charge in [-0.1, -0.05) is 30.3 Å². The fraction of sp³-hybridized carbons (Fsp3) is 0.389. The predicted octanol–water partition coefficient (Wildman–Crippen LogP) is 2.08. The van der Waals surface area contributed by atoms with Gasteiger partial charge < -0.3 is 15.5 Å². The summed E-state index contributed by atoms with van der Waals surface area (Å²) in [6, 6.07) is 11.7. The minimum Gasteiger partial charge on any atom is -0.366 e. The van der Waals surface area contributed by atoms with Crippen LogP contribution in [0.15, 0.2) is 36.4 Å². The summed E-state index contributed by atoms with van der Waals surface area (Å²) in [6.45, 7) is 4.01. The number of nitrogens with zero attached hydrogens (tertiary/aromatic N) is 3. The Kier molecular flexibility index (Phi) is 6.69. The van der Waals surface area contributed by atoms with Crippen LogP contribution in [0.4, 0.5) is 5.82 Å². The van der Waals surface area contributed by atoms with E-state index in [-0.39, 0.29) is 5.91 Å². The number of nitrogens with one attached hydrogen (secondary N) is 2. The minimum atomic E-state index is -0.165. The summed E-state index contributed by atoms with van der Waals surface area (Å²) in [7, 11) is 4.03. The average molecular weight is 327 g/mol. The zero-order chi connectivity index (χ0) is 17.4. The van der Waals surface area contributed by atoms with Gasteiger partial charge in [-0.05, 0) is 39.5 Å². The maximum Gasteiger partial charge on any atom is 0.270 e. The second-order valence-corrected chi connectivity index (χ2v) is 5.94. The first-order valence-electron chi connectivity index (χ1n) is 8.11. The van der Waals surface area contributed by atoms with Crippen molar-refractivity contribution in [3.05, 3.63) is 53.5 Å². The van der Waals surface area contributed by atoms with Crippen molar-refractivity contribution < 1.29 is 4.79 Å². The number of hydrogen-bond donors (Lipinski definition) is 2. The topological polar surface area (TPSA) is 70.2 Å². The number of rotatable bonds is 8. The quantitative estimate of drug-likeness (QED) is 0.727. The molecule has 6 heteroatoms. The maximum absolute atomic E-state index is 12.2. The van der Waals surface area contributed by atoms with Gasteiger partial charge in [0.05, 0.1) is 0 Å². The van der Waals surface area contributed by atoms with Gasteiger partial charge in [0, 0.05) is 19.2 Å². The normalized spacial score (nSPS) is 10.7. The highest BCUT2D eigenvalue weighted by Crippen LogP contribution is 2.09. The molecule has 2 aromatic rings. The molecule has 0 aliphatic heterocycles. The molecule has 0 unspecified atom stereocenters. The lowest BCUT2D eigenvalue weighted by molar-refractivity contribution is 0.0947. The monoisotopic (exact) mass is 327 g/mol. The maximum atomic E-state index is 12.2. The third kappa shape index (κ3) is 5.96. The fourth-order valence-electron chi connectivity index (χ4n) is 2.25. The molecule has 0 radical (unpaired) electrons. The second kappa shape index (κ2) is 8.98. The van der Waals surface area contributed by atoms with E-state index in [1.165, 1.54) is 0 Å². The summed E-state index contributed by atoms with van der Waals surface area (Å²) < 4.78 is 0. The lowest BCUT2D eigenvalue weighted by atomic mass is 10.2. The van der Waals surface area contributed by atoms with E-state index < -0.39 is 0 Å². The number of hydrogen-bond acceptors (Lipinski definition) is 5. The standard InChI is InChI=1S/C18H25N5O/c1-14-21-16(18(24)19-10-7-11-23(2)3)12-17(22-14)20-13-15-8-5-4-6-9-15/h4-6,8-9,12H,7,10-11,13H2,1-3H3,(H,19,24)(H,20,21,22). The first kappa shape index (κ1) is 17.9. The molecule has 0 saturated carbocycles. The molecule has 0 fully saturated rings. The van der Waals surface area contributed by atoms with Gasteiger partial charge in [0.15, 0.2) is 0 Å². The summed E-state index contributed by atoms with van der Waals surface area (Å²) in [5.74, 6) is 1.07. The molecule has 0 aliphatic rings. The Morgan fingerprint density at radius 3 is 2.62 bits per heavy atom. The van der Waals surface area contributed by atoms with Crippen LogP contribution in [0.1, 0.15) is 28.3 Å². The largest absolute Gasteiger partial charge is 0.366 e. The Bertz CT molecular complexity index is 658. The molecule has 2 rings (SSSR count). The van der Waals surface area contributed by atoms with E-state index in [1.807, 2.05) is 44.4 Å². The fourth-order valence-corrected chi connectivity index (χ4v) is 2.25. The van der Waals surface area contributed by atoms with Crippen LogP contribution in [0, 0.1) is 6.92 Å². The molecule has 0 saturated heterocycles. The third-order valence-electron chi connectivity index (χ3n) is 3.45. The molecule has 0 spiro atoms. The van der Waals surface area contributed by atoms with Crippen molar-refractivity contribution in [1.29, 1.82) is 0 Å². The Balaban J connectivity index is 1.93. The number of carbonyl (C=O) groups is 1. The van der Waals surface area contributed by atoms with Crippen LogP contribution in [0.25, 0.3) is 0 Å². The molecule has 1 amide bonds. The highest BCUT2D eigenvalue weighted by Gasteiger charge is 2.10. The molecule has 1 aromatic carbocycles. The number of amides is 1. The number of anilines is 1. The van der Waals surface area contributed by atoms with Crippen LogP contribution >= 0.6 is 0 Å². The van der Waals surface area contributed by atoms with Gasteiger partial charge in [0.2, 0.25) is 0 Å². The number of benzene rings is 1. The second-order valence-electron chi connectivity index (χ2n) is 5.94. The van der Waals surface area contributed by atoms with Crippen LogP contribution < -0.4 is 10.6 Å². The third-order valence-corrected chi connectivity index (χ3v) is 3.45. The van der Waals surface area contributed by atoms with Gasteiger partial charge >= 0.3 is 0 Å². The van der Waals surface area contributed by atoms with Crippen molar-refractivity contribution in [1.82, 2.24) is 20.2 Å². The summed E-state index contributed by atoms with van der Waals surface area (Å²) in [4.78, 5) is 22.9. The van der Waals surface area contributed by atoms with Crippen molar-refractivity contribution in [3.8, 4) is 0 Å². The number of carbonyl (C=O) groups excluding carboxylic acids is 1. The molecule has 128 valence electrons. The van der Waals surface area contributed by atoms with Gasteiger partial charge in [-0.2, -0.15) is 0 Å². The molecule has 1 heterocycles. The molecule has 24 heavy (non-hydrogen) atoms. The molecular weight excluding hydrogens is 302 g/mol. The molecule has 1 aromatic heterocycles. The summed E-state index contributed by atoms with van der Waals surface area (Å²) in [5.41, 5.74) is 1.55. The van der Waals surface area contributed by atoms with Crippen LogP contribution in [0.5, 0.6) is 0 Å². The SMILES string of the molecule is Cc1nc(NCc2ccccc2)cc(C(=O)NCCCN(C)C)n1. The Hall–Kier alpha value is -2.47. The summed E-state index contributed by atoms with van der Waals surface area (Å²) in [5, 5.41) is 6.14. The van der Waals surface area contributed by atoms with Gasteiger partial charge in [-0.3, -0.25) is 4.79 Å². The summed E-state index contributed by atoms with van der Waals surface area (Å²) >= 11 is 0. The number of aryl methyl sites for hydroxylation is 1. The average Bonchev–Trinajstić information content (AvgIpc) is 2.57. The van der Waals surface area contributed by atoms with Crippen molar-refractivity contribution in [2.75, 3.05) is 32.5 Å².